The lowest BCUT2D eigenvalue weighted by atomic mass is 9.97. The Labute approximate surface area is 143 Å². The summed E-state index contributed by atoms with van der Waals surface area (Å²) in [6.45, 7) is 8.73. The number of carbonyl (C=O) groups excluding carboxylic acids is 1. The van der Waals surface area contributed by atoms with E-state index in [0.717, 1.165) is 63.9 Å². The van der Waals surface area contributed by atoms with Crippen LogP contribution in [0.5, 0.6) is 0 Å². The van der Waals surface area contributed by atoms with Crippen LogP contribution in [-0.2, 0) is 11.3 Å². The van der Waals surface area contributed by atoms with E-state index in [4.69, 9.17) is 4.74 Å². The second-order valence-corrected chi connectivity index (χ2v) is 6.62. The summed E-state index contributed by atoms with van der Waals surface area (Å²) in [4.78, 5) is 25.2. The van der Waals surface area contributed by atoms with E-state index in [9.17, 15) is 4.79 Å². The minimum absolute atomic E-state index is 0.0120. The third kappa shape index (κ3) is 4.88. The van der Waals surface area contributed by atoms with E-state index in [-0.39, 0.29) is 6.03 Å². The van der Waals surface area contributed by atoms with Gasteiger partial charge in [-0.3, -0.25) is 4.90 Å². The molecule has 0 unspecified atom stereocenters. The molecule has 0 spiro atoms. The molecule has 2 aliphatic heterocycles. The third-order valence-corrected chi connectivity index (χ3v) is 4.68. The Morgan fingerprint density at radius 2 is 2.21 bits per heavy atom. The fourth-order valence-corrected chi connectivity index (χ4v) is 3.43. The number of urea groups is 1. The molecule has 7 nitrogen and oxygen atoms in total. The van der Waals surface area contributed by atoms with Gasteiger partial charge in [0.1, 0.15) is 5.82 Å². The fraction of sp³-hybridized carbons (Fsp3) is 0.706. The molecule has 24 heavy (non-hydrogen) atoms. The summed E-state index contributed by atoms with van der Waals surface area (Å²) in [7, 11) is 0. The standard InChI is InChI=1S/C17H27N5O2/c1-14-18-5-4-16(20-14)11-19-17(23)22-6-2-3-15(13-22)12-21-7-9-24-10-8-21/h4-5,15H,2-3,6-13H2,1H3,(H,19,23)/t15-/m1/s1. The maximum Gasteiger partial charge on any atom is 0.317 e. The van der Waals surface area contributed by atoms with Gasteiger partial charge in [0.25, 0.3) is 0 Å². The molecule has 0 aromatic carbocycles. The maximum absolute atomic E-state index is 12.4. The van der Waals surface area contributed by atoms with Crippen molar-refractivity contribution >= 4 is 6.03 Å². The molecule has 1 N–H and O–H groups in total. The van der Waals surface area contributed by atoms with Gasteiger partial charge >= 0.3 is 6.03 Å². The lowest BCUT2D eigenvalue weighted by molar-refractivity contribution is 0.0249. The highest BCUT2D eigenvalue weighted by Crippen LogP contribution is 2.18. The molecule has 1 aromatic rings. The van der Waals surface area contributed by atoms with Crippen molar-refractivity contribution in [1.29, 1.82) is 0 Å². The summed E-state index contributed by atoms with van der Waals surface area (Å²) < 4.78 is 5.40. The smallest absolute Gasteiger partial charge is 0.317 e. The van der Waals surface area contributed by atoms with Gasteiger partial charge in [-0.05, 0) is 31.7 Å². The van der Waals surface area contributed by atoms with E-state index in [1.165, 1.54) is 6.42 Å². The van der Waals surface area contributed by atoms with Crippen molar-refractivity contribution in [3.05, 3.63) is 23.8 Å². The minimum Gasteiger partial charge on any atom is -0.379 e. The number of nitrogens with zero attached hydrogens (tertiary/aromatic N) is 4. The van der Waals surface area contributed by atoms with Crippen LogP contribution in [0.1, 0.15) is 24.4 Å². The highest BCUT2D eigenvalue weighted by Gasteiger charge is 2.25. The third-order valence-electron chi connectivity index (χ3n) is 4.68. The number of ether oxygens (including phenoxy) is 1. The van der Waals surface area contributed by atoms with Crippen molar-refractivity contribution in [2.45, 2.75) is 26.3 Å². The molecule has 0 saturated carbocycles. The summed E-state index contributed by atoms with van der Waals surface area (Å²) in [5, 5.41) is 2.98. The lowest BCUT2D eigenvalue weighted by Crippen LogP contribution is -2.48. The molecule has 1 atom stereocenters. The van der Waals surface area contributed by atoms with Crippen molar-refractivity contribution in [1.82, 2.24) is 25.1 Å². The zero-order chi connectivity index (χ0) is 16.8. The van der Waals surface area contributed by atoms with Crippen molar-refractivity contribution in [2.24, 2.45) is 5.92 Å². The molecule has 0 aliphatic carbocycles. The molecular formula is C17H27N5O2. The molecule has 0 radical (unpaired) electrons. The van der Waals surface area contributed by atoms with E-state index in [2.05, 4.69) is 20.2 Å². The van der Waals surface area contributed by atoms with Crippen molar-refractivity contribution in [3.63, 3.8) is 0 Å². The van der Waals surface area contributed by atoms with Crippen molar-refractivity contribution < 1.29 is 9.53 Å². The molecule has 1 aromatic heterocycles. The summed E-state index contributed by atoms with van der Waals surface area (Å²) >= 11 is 0. The number of likely N-dealkylation sites (tertiary alicyclic amines) is 1. The first kappa shape index (κ1) is 17.1. The van der Waals surface area contributed by atoms with Crippen LogP contribution in [0, 0.1) is 12.8 Å². The molecule has 132 valence electrons. The molecular weight excluding hydrogens is 306 g/mol. The number of aryl methyl sites for hydroxylation is 1. The van der Waals surface area contributed by atoms with E-state index in [1.807, 2.05) is 17.9 Å². The average Bonchev–Trinajstić information content (AvgIpc) is 2.61. The Hall–Kier alpha value is -1.73. The number of rotatable bonds is 4. The van der Waals surface area contributed by atoms with E-state index in [0.29, 0.717) is 12.5 Å². The van der Waals surface area contributed by atoms with Crippen LogP contribution in [-0.4, -0.2) is 71.7 Å². The zero-order valence-corrected chi connectivity index (χ0v) is 14.4. The SMILES string of the molecule is Cc1nccc(CNC(=O)N2CCC[C@H](CN3CCOCC3)C2)n1. The van der Waals surface area contributed by atoms with Crippen LogP contribution in [0.2, 0.25) is 0 Å². The molecule has 3 heterocycles. The van der Waals surface area contributed by atoms with Gasteiger partial charge in [-0.1, -0.05) is 0 Å². The predicted molar refractivity (Wildman–Crippen MR) is 90.6 cm³/mol. The van der Waals surface area contributed by atoms with Gasteiger partial charge in [0, 0.05) is 38.9 Å². The first-order valence-electron chi connectivity index (χ1n) is 8.82. The molecule has 2 amide bonds. The van der Waals surface area contributed by atoms with Crippen LogP contribution in [0.3, 0.4) is 0 Å². The summed E-state index contributed by atoms with van der Waals surface area (Å²) in [6.07, 6.45) is 4.00. The van der Waals surface area contributed by atoms with Crippen LogP contribution in [0.15, 0.2) is 12.3 Å². The quantitative estimate of drug-likeness (QED) is 0.891. The Balaban J connectivity index is 1.45. The number of nitrogens with one attached hydrogen (secondary N) is 1. The van der Waals surface area contributed by atoms with Gasteiger partial charge < -0.3 is 15.0 Å². The summed E-state index contributed by atoms with van der Waals surface area (Å²) in [6, 6.07) is 1.85. The zero-order valence-electron chi connectivity index (χ0n) is 14.4. The molecule has 7 heteroatoms. The normalized spacial score (nSPS) is 22.4. The number of aromatic nitrogens is 2. The summed E-state index contributed by atoms with van der Waals surface area (Å²) in [5.74, 6) is 1.29. The van der Waals surface area contributed by atoms with Gasteiger partial charge in [0.05, 0.1) is 25.5 Å². The number of piperidine rings is 1. The van der Waals surface area contributed by atoms with E-state index < -0.39 is 0 Å². The molecule has 3 rings (SSSR count). The Kier molecular flexibility index (Phi) is 5.98. The van der Waals surface area contributed by atoms with E-state index >= 15 is 0 Å². The highest BCUT2D eigenvalue weighted by atomic mass is 16.5. The fourth-order valence-electron chi connectivity index (χ4n) is 3.43. The molecule has 2 aliphatic rings. The van der Waals surface area contributed by atoms with Gasteiger partial charge in [-0.15, -0.1) is 0 Å². The van der Waals surface area contributed by atoms with Crippen LogP contribution >= 0.6 is 0 Å². The Bertz CT molecular complexity index is 548. The first-order chi connectivity index (χ1) is 11.7. The first-order valence-corrected chi connectivity index (χ1v) is 8.82. The molecule has 0 bridgehead atoms. The lowest BCUT2D eigenvalue weighted by Gasteiger charge is -2.36. The van der Waals surface area contributed by atoms with Crippen molar-refractivity contribution in [3.8, 4) is 0 Å². The largest absolute Gasteiger partial charge is 0.379 e. The predicted octanol–water partition coefficient (Wildman–Crippen LogP) is 1.04. The monoisotopic (exact) mass is 333 g/mol. The topological polar surface area (TPSA) is 70.6 Å². The highest BCUT2D eigenvalue weighted by molar-refractivity contribution is 5.74. The maximum atomic E-state index is 12.4. The molecule has 2 saturated heterocycles. The Morgan fingerprint density at radius 3 is 3.00 bits per heavy atom. The van der Waals surface area contributed by atoms with Crippen LogP contribution in [0.4, 0.5) is 4.79 Å². The van der Waals surface area contributed by atoms with E-state index in [1.54, 1.807) is 6.20 Å². The van der Waals surface area contributed by atoms with Gasteiger partial charge in [0.2, 0.25) is 0 Å². The number of amides is 2. The second kappa shape index (κ2) is 8.39. The Morgan fingerprint density at radius 1 is 1.38 bits per heavy atom. The van der Waals surface area contributed by atoms with Crippen LogP contribution in [0.25, 0.3) is 0 Å². The number of carbonyl (C=O) groups is 1. The number of hydrogen-bond donors (Lipinski definition) is 1. The van der Waals surface area contributed by atoms with Gasteiger partial charge in [-0.2, -0.15) is 0 Å². The van der Waals surface area contributed by atoms with Crippen molar-refractivity contribution in [2.75, 3.05) is 45.9 Å². The summed E-state index contributed by atoms with van der Waals surface area (Å²) in [5.41, 5.74) is 0.845. The van der Waals surface area contributed by atoms with Crippen LogP contribution < -0.4 is 5.32 Å². The number of hydrogen-bond acceptors (Lipinski definition) is 5. The average molecular weight is 333 g/mol. The minimum atomic E-state index is 0.0120. The molecule has 2 fully saturated rings. The number of morpholine rings is 1. The van der Waals surface area contributed by atoms with Gasteiger partial charge in [-0.25, -0.2) is 14.8 Å². The second-order valence-electron chi connectivity index (χ2n) is 6.62. The van der Waals surface area contributed by atoms with Gasteiger partial charge in [0.15, 0.2) is 0 Å².